The number of anilines is 1. The molecule has 4 aromatic rings. The first-order chi connectivity index (χ1) is 15.9. The summed E-state index contributed by atoms with van der Waals surface area (Å²) in [7, 11) is 0. The van der Waals surface area contributed by atoms with Crippen molar-refractivity contribution in [1.82, 2.24) is 9.99 Å². The molecule has 6 nitrogen and oxygen atoms in total. The average molecular weight is 457 g/mol. The minimum Gasteiger partial charge on any atom is -0.318 e. The number of nitrogens with one attached hydrogen (secondary N) is 1. The second-order valence-corrected chi connectivity index (χ2v) is 8.44. The first kappa shape index (κ1) is 21.0. The van der Waals surface area contributed by atoms with Crippen molar-refractivity contribution in [2.75, 3.05) is 11.4 Å². The van der Waals surface area contributed by atoms with Gasteiger partial charge in [-0.05, 0) is 55.6 Å². The molecule has 0 unspecified atom stereocenters. The van der Waals surface area contributed by atoms with Crippen LogP contribution in [-0.2, 0) is 4.79 Å². The third kappa shape index (κ3) is 3.68. The van der Waals surface area contributed by atoms with Crippen molar-refractivity contribution in [1.29, 1.82) is 0 Å². The molecule has 7 heteroatoms. The second kappa shape index (κ2) is 8.22. The Bertz CT molecular complexity index is 1450. The fourth-order valence-electron chi connectivity index (χ4n) is 4.42. The van der Waals surface area contributed by atoms with E-state index >= 15 is 0 Å². The number of carbonyl (C=O) groups excluding carboxylic acids is 2. The van der Waals surface area contributed by atoms with Crippen LogP contribution >= 0.6 is 11.6 Å². The van der Waals surface area contributed by atoms with Crippen molar-refractivity contribution in [3.63, 3.8) is 0 Å². The van der Waals surface area contributed by atoms with Crippen molar-refractivity contribution in [3.8, 4) is 5.69 Å². The molecule has 0 bridgehead atoms. The summed E-state index contributed by atoms with van der Waals surface area (Å²) in [5.41, 5.74) is 7.75. The largest absolute Gasteiger partial charge is 0.318 e. The van der Waals surface area contributed by atoms with E-state index in [0.29, 0.717) is 10.6 Å². The van der Waals surface area contributed by atoms with Crippen LogP contribution in [0.2, 0.25) is 5.02 Å². The third-order valence-corrected chi connectivity index (χ3v) is 6.12. The first-order valence-electron chi connectivity index (χ1n) is 10.5. The lowest BCUT2D eigenvalue weighted by Crippen LogP contribution is -2.37. The van der Waals surface area contributed by atoms with Gasteiger partial charge in [-0.15, -0.1) is 0 Å². The van der Waals surface area contributed by atoms with Crippen molar-refractivity contribution in [3.05, 3.63) is 94.3 Å². The number of aryl methyl sites for hydroxylation is 1. The average Bonchev–Trinajstić information content (AvgIpc) is 3.23. The van der Waals surface area contributed by atoms with Gasteiger partial charge in [-0.25, -0.2) is 5.43 Å². The van der Waals surface area contributed by atoms with Gasteiger partial charge >= 0.3 is 0 Å². The SMILES string of the molecule is Cc1cc(/C=N/NC(=O)CN2C(=O)c3cccc4cccc2c34)c(C)n1-c1cccc(Cl)c1. The van der Waals surface area contributed by atoms with Gasteiger partial charge in [-0.1, -0.05) is 41.9 Å². The number of carbonyl (C=O) groups is 2. The molecule has 0 saturated heterocycles. The lowest BCUT2D eigenvalue weighted by molar-refractivity contribution is -0.119. The van der Waals surface area contributed by atoms with E-state index in [1.54, 1.807) is 12.3 Å². The topological polar surface area (TPSA) is 66.7 Å². The summed E-state index contributed by atoms with van der Waals surface area (Å²) in [5, 5.41) is 6.66. The zero-order valence-electron chi connectivity index (χ0n) is 18.2. The molecular formula is C26H21ClN4O2. The normalized spacial score (nSPS) is 12.8. The summed E-state index contributed by atoms with van der Waals surface area (Å²) in [6, 6.07) is 20.9. The highest BCUT2D eigenvalue weighted by molar-refractivity contribution is 6.30. The van der Waals surface area contributed by atoms with Crippen LogP contribution < -0.4 is 10.3 Å². The number of halogens is 1. The minimum absolute atomic E-state index is 0.106. The first-order valence-corrected chi connectivity index (χ1v) is 10.9. The minimum atomic E-state index is -0.368. The van der Waals surface area contributed by atoms with E-state index in [2.05, 4.69) is 15.1 Å². The van der Waals surface area contributed by atoms with Gasteiger partial charge in [-0.3, -0.25) is 14.5 Å². The van der Waals surface area contributed by atoms with Crippen molar-refractivity contribution in [2.24, 2.45) is 5.10 Å². The molecule has 2 amide bonds. The van der Waals surface area contributed by atoms with Crippen LogP contribution in [0, 0.1) is 13.8 Å². The van der Waals surface area contributed by atoms with Crippen molar-refractivity contribution >= 4 is 46.1 Å². The summed E-state index contributed by atoms with van der Waals surface area (Å²) in [6.07, 6.45) is 1.61. The maximum Gasteiger partial charge on any atom is 0.260 e. The Morgan fingerprint density at radius 2 is 1.82 bits per heavy atom. The number of amides is 2. The highest BCUT2D eigenvalue weighted by Crippen LogP contribution is 2.36. The summed E-state index contributed by atoms with van der Waals surface area (Å²) < 4.78 is 2.08. The Kier molecular flexibility index (Phi) is 5.23. The molecule has 0 atom stereocenters. The monoisotopic (exact) mass is 456 g/mol. The zero-order chi connectivity index (χ0) is 23.1. The van der Waals surface area contributed by atoms with E-state index in [4.69, 9.17) is 11.6 Å². The number of benzene rings is 3. The molecule has 0 fully saturated rings. The van der Waals surface area contributed by atoms with Crippen LogP contribution in [0.4, 0.5) is 5.69 Å². The van der Waals surface area contributed by atoms with E-state index in [0.717, 1.165) is 39.1 Å². The fraction of sp³-hybridized carbons (Fsp3) is 0.115. The van der Waals surface area contributed by atoms with E-state index < -0.39 is 0 Å². The lowest BCUT2D eigenvalue weighted by atomic mass is 10.1. The number of hydrogen-bond acceptors (Lipinski definition) is 3. The molecule has 0 spiro atoms. The molecule has 5 rings (SSSR count). The fourth-order valence-corrected chi connectivity index (χ4v) is 4.60. The van der Waals surface area contributed by atoms with Crippen LogP contribution in [0.5, 0.6) is 0 Å². The molecule has 0 radical (unpaired) electrons. The van der Waals surface area contributed by atoms with Gasteiger partial charge in [-0.2, -0.15) is 5.10 Å². The van der Waals surface area contributed by atoms with Gasteiger partial charge in [0, 0.05) is 38.6 Å². The van der Waals surface area contributed by atoms with Gasteiger partial charge in [0.25, 0.3) is 11.8 Å². The number of rotatable bonds is 5. The smallest absolute Gasteiger partial charge is 0.260 e. The number of aromatic nitrogens is 1. The summed E-state index contributed by atoms with van der Waals surface area (Å²) in [6.45, 7) is 3.88. The molecule has 3 aromatic carbocycles. The Morgan fingerprint density at radius 1 is 1.06 bits per heavy atom. The molecule has 1 aliphatic heterocycles. The summed E-state index contributed by atoms with van der Waals surface area (Å²) in [4.78, 5) is 26.9. The summed E-state index contributed by atoms with van der Waals surface area (Å²) >= 11 is 6.14. The molecule has 0 saturated carbocycles. The lowest BCUT2D eigenvalue weighted by Gasteiger charge is -2.16. The van der Waals surface area contributed by atoms with Gasteiger partial charge < -0.3 is 4.57 Å². The second-order valence-electron chi connectivity index (χ2n) is 8.01. The molecule has 33 heavy (non-hydrogen) atoms. The Hall–Kier alpha value is -3.90. The van der Waals surface area contributed by atoms with Crippen molar-refractivity contribution in [2.45, 2.75) is 13.8 Å². The highest BCUT2D eigenvalue weighted by atomic mass is 35.5. The van der Waals surface area contributed by atoms with E-state index in [9.17, 15) is 9.59 Å². The maximum absolute atomic E-state index is 12.8. The van der Waals surface area contributed by atoms with Crippen LogP contribution in [0.15, 0.2) is 71.8 Å². The molecule has 164 valence electrons. The van der Waals surface area contributed by atoms with Crippen LogP contribution in [0.3, 0.4) is 0 Å². The maximum atomic E-state index is 12.8. The quantitative estimate of drug-likeness (QED) is 0.339. The van der Waals surface area contributed by atoms with E-state index in [1.165, 1.54) is 4.90 Å². The molecule has 2 heterocycles. The van der Waals surface area contributed by atoms with E-state index in [-0.39, 0.29) is 18.4 Å². The molecular weight excluding hydrogens is 436 g/mol. The standard InChI is InChI=1S/C26H21ClN4O2/c1-16-12-19(17(2)31(16)21-9-5-8-20(27)13-21)14-28-29-24(32)15-30-23-11-4-7-18-6-3-10-22(25(18)23)26(30)33/h3-14H,15H2,1-2H3,(H,29,32)/b28-14+. The zero-order valence-corrected chi connectivity index (χ0v) is 18.9. The predicted molar refractivity (Wildman–Crippen MR) is 132 cm³/mol. The molecule has 1 aliphatic rings. The summed E-state index contributed by atoms with van der Waals surface area (Å²) in [5.74, 6) is -0.543. The molecule has 1 N–H and O–H groups in total. The van der Waals surface area contributed by atoms with Gasteiger partial charge in [0.05, 0.1) is 11.9 Å². The molecule has 0 aliphatic carbocycles. The van der Waals surface area contributed by atoms with Gasteiger partial charge in [0.2, 0.25) is 0 Å². The van der Waals surface area contributed by atoms with Crippen LogP contribution in [-0.4, -0.2) is 29.1 Å². The number of hydrazone groups is 1. The van der Waals surface area contributed by atoms with E-state index in [1.807, 2.05) is 74.5 Å². The number of nitrogens with zero attached hydrogens (tertiary/aromatic N) is 3. The predicted octanol–water partition coefficient (Wildman–Crippen LogP) is 5.01. The van der Waals surface area contributed by atoms with Gasteiger partial charge in [0.15, 0.2) is 0 Å². The Morgan fingerprint density at radius 3 is 2.61 bits per heavy atom. The van der Waals surface area contributed by atoms with Gasteiger partial charge in [0.1, 0.15) is 6.54 Å². The Labute approximate surface area is 196 Å². The van der Waals surface area contributed by atoms with Crippen LogP contribution in [0.1, 0.15) is 27.3 Å². The molecule has 1 aromatic heterocycles. The Balaban J connectivity index is 1.31. The van der Waals surface area contributed by atoms with Crippen LogP contribution in [0.25, 0.3) is 16.5 Å². The third-order valence-electron chi connectivity index (χ3n) is 5.88. The van der Waals surface area contributed by atoms with Crippen molar-refractivity contribution < 1.29 is 9.59 Å². The number of hydrogen-bond donors (Lipinski definition) is 1. The highest BCUT2D eigenvalue weighted by Gasteiger charge is 2.30.